The Labute approximate surface area is 115 Å². The summed E-state index contributed by atoms with van der Waals surface area (Å²) < 4.78 is 10.1. The summed E-state index contributed by atoms with van der Waals surface area (Å²) in [6.45, 7) is 11.1. The molecule has 0 saturated heterocycles. The molecule has 0 heterocycles. The minimum absolute atomic E-state index is 0.0446. The summed E-state index contributed by atoms with van der Waals surface area (Å²) in [7, 11) is 0. The second-order valence-electron chi connectivity index (χ2n) is 5.03. The van der Waals surface area contributed by atoms with Crippen molar-refractivity contribution >= 4 is 12.1 Å². The molecule has 0 aliphatic rings. The first-order valence-electron chi connectivity index (χ1n) is 6.62. The fourth-order valence-corrected chi connectivity index (χ4v) is 1.61. The number of amides is 1. The Morgan fingerprint density at radius 3 is 2.47 bits per heavy atom. The second-order valence-corrected chi connectivity index (χ2v) is 5.03. The van der Waals surface area contributed by atoms with Gasteiger partial charge in [0.25, 0.3) is 0 Å². The minimum Gasteiger partial charge on any atom is -0.459 e. The molecule has 0 aromatic rings. The lowest BCUT2D eigenvalue weighted by Gasteiger charge is -2.26. The SMILES string of the molecule is C=CC(=O)OCC(CC)OC(=O)NC(C)(C)CCC. The predicted octanol–water partition coefficient (Wildman–Crippen LogP) is 2.80. The smallest absolute Gasteiger partial charge is 0.407 e. The molecule has 0 aliphatic carbocycles. The van der Waals surface area contributed by atoms with E-state index in [0.717, 1.165) is 18.9 Å². The van der Waals surface area contributed by atoms with Crippen LogP contribution >= 0.6 is 0 Å². The second kappa shape index (κ2) is 8.56. The molecular weight excluding hydrogens is 246 g/mol. The highest BCUT2D eigenvalue weighted by molar-refractivity contribution is 5.81. The lowest BCUT2D eigenvalue weighted by molar-refractivity contribution is -0.140. The zero-order valence-corrected chi connectivity index (χ0v) is 12.3. The number of ether oxygens (including phenoxy) is 2. The van der Waals surface area contributed by atoms with Gasteiger partial charge in [-0.2, -0.15) is 0 Å². The summed E-state index contributed by atoms with van der Waals surface area (Å²) >= 11 is 0. The van der Waals surface area contributed by atoms with Crippen molar-refractivity contribution in [2.75, 3.05) is 6.61 Å². The zero-order chi connectivity index (χ0) is 14.9. The third-order valence-electron chi connectivity index (χ3n) is 2.62. The fraction of sp³-hybridized carbons (Fsp3) is 0.714. The summed E-state index contributed by atoms with van der Waals surface area (Å²) in [5.74, 6) is -0.520. The van der Waals surface area contributed by atoms with Gasteiger partial charge in [0.1, 0.15) is 12.7 Å². The Balaban J connectivity index is 4.19. The van der Waals surface area contributed by atoms with Crippen LogP contribution in [0.15, 0.2) is 12.7 Å². The Kier molecular flexibility index (Phi) is 7.87. The van der Waals surface area contributed by atoms with Gasteiger partial charge in [0.15, 0.2) is 0 Å². The van der Waals surface area contributed by atoms with Crippen LogP contribution in [0.2, 0.25) is 0 Å². The topological polar surface area (TPSA) is 64.6 Å². The fourth-order valence-electron chi connectivity index (χ4n) is 1.61. The van der Waals surface area contributed by atoms with E-state index in [0.29, 0.717) is 6.42 Å². The first-order chi connectivity index (χ1) is 8.84. The molecule has 19 heavy (non-hydrogen) atoms. The van der Waals surface area contributed by atoms with Gasteiger partial charge < -0.3 is 14.8 Å². The van der Waals surface area contributed by atoms with E-state index in [-0.39, 0.29) is 12.1 Å². The third kappa shape index (κ3) is 8.24. The molecular formula is C14H25NO4. The normalized spacial score (nSPS) is 12.4. The van der Waals surface area contributed by atoms with Gasteiger partial charge in [-0.3, -0.25) is 0 Å². The van der Waals surface area contributed by atoms with Crippen LogP contribution in [0.5, 0.6) is 0 Å². The van der Waals surface area contributed by atoms with Gasteiger partial charge >= 0.3 is 12.1 Å². The molecule has 1 amide bonds. The number of alkyl carbamates (subject to hydrolysis) is 1. The molecule has 110 valence electrons. The van der Waals surface area contributed by atoms with Crippen LogP contribution in [-0.2, 0) is 14.3 Å². The van der Waals surface area contributed by atoms with Crippen LogP contribution in [-0.4, -0.2) is 30.3 Å². The largest absolute Gasteiger partial charge is 0.459 e. The molecule has 1 atom stereocenters. The number of carbonyl (C=O) groups is 2. The van der Waals surface area contributed by atoms with Gasteiger partial charge in [0.05, 0.1) is 0 Å². The van der Waals surface area contributed by atoms with E-state index in [4.69, 9.17) is 9.47 Å². The van der Waals surface area contributed by atoms with Crippen LogP contribution < -0.4 is 5.32 Å². The molecule has 0 saturated carbocycles. The summed E-state index contributed by atoms with van der Waals surface area (Å²) in [5.41, 5.74) is -0.304. The number of hydrogen-bond acceptors (Lipinski definition) is 4. The Bertz CT molecular complexity index is 313. The highest BCUT2D eigenvalue weighted by Crippen LogP contribution is 2.11. The van der Waals surface area contributed by atoms with E-state index in [1.807, 2.05) is 20.8 Å². The van der Waals surface area contributed by atoms with E-state index >= 15 is 0 Å². The van der Waals surface area contributed by atoms with Gasteiger partial charge in [-0.1, -0.05) is 26.8 Å². The quantitative estimate of drug-likeness (QED) is 0.544. The van der Waals surface area contributed by atoms with E-state index in [9.17, 15) is 9.59 Å². The first kappa shape index (κ1) is 17.5. The molecule has 0 aromatic carbocycles. The molecule has 0 fully saturated rings. The molecule has 5 nitrogen and oxygen atoms in total. The molecule has 1 N–H and O–H groups in total. The van der Waals surface area contributed by atoms with Gasteiger partial charge in [-0.25, -0.2) is 9.59 Å². The molecule has 0 aromatic heterocycles. The number of carbonyl (C=O) groups excluding carboxylic acids is 2. The lowest BCUT2D eigenvalue weighted by Crippen LogP contribution is -2.45. The maximum Gasteiger partial charge on any atom is 0.407 e. The van der Waals surface area contributed by atoms with E-state index in [1.54, 1.807) is 0 Å². The summed E-state index contributed by atoms with van der Waals surface area (Å²) in [5, 5.41) is 2.80. The molecule has 0 rings (SSSR count). The van der Waals surface area contributed by atoms with Crippen molar-refractivity contribution in [3.05, 3.63) is 12.7 Å². The summed E-state index contributed by atoms with van der Waals surface area (Å²) in [6.07, 6.45) is 2.57. The van der Waals surface area contributed by atoms with Crippen molar-refractivity contribution in [2.24, 2.45) is 0 Å². The van der Waals surface area contributed by atoms with E-state index < -0.39 is 18.2 Å². The number of esters is 1. The summed E-state index contributed by atoms with van der Waals surface area (Å²) in [4.78, 5) is 22.7. The monoisotopic (exact) mass is 271 g/mol. The Morgan fingerprint density at radius 1 is 1.37 bits per heavy atom. The van der Waals surface area contributed by atoms with Gasteiger partial charge in [-0.05, 0) is 26.7 Å². The third-order valence-corrected chi connectivity index (χ3v) is 2.62. The van der Waals surface area contributed by atoms with E-state index in [2.05, 4.69) is 18.8 Å². The van der Waals surface area contributed by atoms with Gasteiger partial charge in [0.2, 0.25) is 0 Å². The molecule has 0 radical (unpaired) electrons. The van der Waals surface area contributed by atoms with Crippen molar-refractivity contribution in [1.82, 2.24) is 5.32 Å². The Morgan fingerprint density at radius 2 is 2.00 bits per heavy atom. The van der Waals surface area contributed by atoms with Crippen LogP contribution in [0.3, 0.4) is 0 Å². The average Bonchev–Trinajstić information content (AvgIpc) is 2.32. The molecule has 0 bridgehead atoms. The first-order valence-corrected chi connectivity index (χ1v) is 6.62. The van der Waals surface area contributed by atoms with Crippen molar-refractivity contribution in [3.8, 4) is 0 Å². The van der Waals surface area contributed by atoms with Gasteiger partial charge in [0, 0.05) is 11.6 Å². The highest BCUT2D eigenvalue weighted by atomic mass is 16.6. The highest BCUT2D eigenvalue weighted by Gasteiger charge is 2.22. The van der Waals surface area contributed by atoms with Crippen LogP contribution in [0.25, 0.3) is 0 Å². The minimum atomic E-state index is -0.520. The maximum absolute atomic E-state index is 11.7. The average molecular weight is 271 g/mol. The maximum atomic E-state index is 11.7. The molecule has 0 aliphatic heterocycles. The van der Waals surface area contributed by atoms with Crippen LogP contribution in [0, 0.1) is 0 Å². The number of rotatable bonds is 8. The van der Waals surface area contributed by atoms with Gasteiger partial charge in [-0.15, -0.1) is 0 Å². The molecule has 0 spiro atoms. The molecule has 1 unspecified atom stereocenters. The van der Waals surface area contributed by atoms with E-state index in [1.165, 1.54) is 0 Å². The van der Waals surface area contributed by atoms with Crippen LogP contribution in [0.1, 0.15) is 47.0 Å². The number of nitrogens with one attached hydrogen (secondary N) is 1. The molecule has 5 heteroatoms. The standard InChI is InChI=1S/C14H25NO4/c1-6-9-14(4,5)15-13(17)19-11(7-2)10-18-12(16)8-3/h8,11H,3,6-7,9-10H2,1-2,4-5H3,(H,15,17). The van der Waals surface area contributed by atoms with Crippen molar-refractivity contribution in [3.63, 3.8) is 0 Å². The number of hydrogen-bond donors (Lipinski definition) is 1. The zero-order valence-electron chi connectivity index (χ0n) is 12.3. The lowest BCUT2D eigenvalue weighted by atomic mass is 9.99. The predicted molar refractivity (Wildman–Crippen MR) is 73.8 cm³/mol. The van der Waals surface area contributed by atoms with Crippen molar-refractivity contribution in [2.45, 2.75) is 58.6 Å². The Hall–Kier alpha value is -1.52. The van der Waals surface area contributed by atoms with Crippen LogP contribution in [0.4, 0.5) is 4.79 Å². The van der Waals surface area contributed by atoms with Crippen molar-refractivity contribution < 1.29 is 19.1 Å². The summed E-state index contributed by atoms with van der Waals surface area (Å²) in [6, 6.07) is 0. The van der Waals surface area contributed by atoms with Crippen molar-refractivity contribution in [1.29, 1.82) is 0 Å².